The Labute approximate surface area is 117 Å². The van der Waals surface area contributed by atoms with Crippen molar-refractivity contribution in [2.45, 2.75) is 19.9 Å². The monoisotopic (exact) mass is 273 g/mol. The summed E-state index contributed by atoms with van der Waals surface area (Å²) in [6, 6.07) is 9.00. The Morgan fingerprint density at radius 3 is 2.75 bits per heavy atom. The molecule has 3 N–H and O–H groups in total. The Kier molecular flexibility index (Phi) is 4.53. The van der Waals surface area contributed by atoms with Gasteiger partial charge in [-0.2, -0.15) is 0 Å². The number of H-pyrrole nitrogens is 1. The highest BCUT2D eigenvalue weighted by Gasteiger charge is 2.10. The van der Waals surface area contributed by atoms with Crippen molar-refractivity contribution in [1.82, 2.24) is 15.6 Å². The Morgan fingerprint density at radius 2 is 2.00 bits per heavy atom. The van der Waals surface area contributed by atoms with E-state index in [9.17, 15) is 9.59 Å². The lowest BCUT2D eigenvalue weighted by Crippen LogP contribution is -2.35. The van der Waals surface area contributed by atoms with Gasteiger partial charge in [-0.3, -0.25) is 9.59 Å². The highest BCUT2D eigenvalue weighted by molar-refractivity contribution is 6.05. The van der Waals surface area contributed by atoms with Crippen LogP contribution in [0.15, 0.2) is 35.1 Å². The number of aromatic amines is 1. The smallest absolute Gasteiger partial charge is 0.252 e. The summed E-state index contributed by atoms with van der Waals surface area (Å²) in [4.78, 5) is 26.5. The maximum absolute atomic E-state index is 12.2. The van der Waals surface area contributed by atoms with E-state index in [1.165, 1.54) is 6.07 Å². The molecule has 0 aliphatic heterocycles. The molecule has 1 aromatic heterocycles. The number of para-hydroxylation sites is 1. The fourth-order valence-corrected chi connectivity index (χ4v) is 2.02. The predicted molar refractivity (Wildman–Crippen MR) is 80.0 cm³/mol. The van der Waals surface area contributed by atoms with Crippen molar-refractivity contribution in [2.24, 2.45) is 0 Å². The molecule has 0 saturated heterocycles. The van der Waals surface area contributed by atoms with E-state index in [0.29, 0.717) is 30.2 Å². The normalized spacial score (nSPS) is 10.9. The minimum absolute atomic E-state index is 0.224. The van der Waals surface area contributed by atoms with E-state index in [4.69, 9.17) is 0 Å². The summed E-state index contributed by atoms with van der Waals surface area (Å²) in [5.74, 6) is -0.224. The fourth-order valence-electron chi connectivity index (χ4n) is 2.02. The molecule has 0 bridgehead atoms. The van der Waals surface area contributed by atoms with Crippen molar-refractivity contribution in [1.29, 1.82) is 0 Å². The van der Waals surface area contributed by atoms with Gasteiger partial charge in [-0.1, -0.05) is 32.0 Å². The summed E-state index contributed by atoms with van der Waals surface area (Å²) >= 11 is 0. The number of nitrogens with one attached hydrogen (secondary N) is 3. The number of carbonyl (C=O) groups excluding carboxylic acids is 1. The molecule has 5 nitrogen and oxygen atoms in total. The summed E-state index contributed by atoms with van der Waals surface area (Å²) in [6.45, 7) is 5.32. The molecule has 0 unspecified atom stereocenters. The molecule has 0 fully saturated rings. The quantitative estimate of drug-likeness (QED) is 0.718. The third-order valence-electron chi connectivity index (χ3n) is 2.96. The van der Waals surface area contributed by atoms with Crippen LogP contribution >= 0.6 is 0 Å². The van der Waals surface area contributed by atoms with Gasteiger partial charge in [0.15, 0.2) is 0 Å². The van der Waals surface area contributed by atoms with Gasteiger partial charge in [-0.05, 0) is 6.07 Å². The lowest BCUT2D eigenvalue weighted by atomic mass is 10.1. The first-order valence-electron chi connectivity index (χ1n) is 6.71. The number of pyridine rings is 1. The minimum Gasteiger partial charge on any atom is -0.351 e. The number of carbonyl (C=O) groups is 1. The molecule has 1 amide bonds. The second-order valence-electron chi connectivity index (χ2n) is 4.96. The van der Waals surface area contributed by atoms with Crippen molar-refractivity contribution in [3.8, 4) is 0 Å². The van der Waals surface area contributed by atoms with Gasteiger partial charge < -0.3 is 15.6 Å². The van der Waals surface area contributed by atoms with Crippen molar-refractivity contribution < 1.29 is 4.79 Å². The molecule has 5 heteroatoms. The molecule has 2 rings (SSSR count). The van der Waals surface area contributed by atoms with E-state index < -0.39 is 0 Å². The van der Waals surface area contributed by atoms with Crippen LogP contribution in [0, 0.1) is 0 Å². The third-order valence-corrected chi connectivity index (χ3v) is 2.96. The van der Waals surface area contributed by atoms with E-state index in [2.05, 4.69) is 15.6 Å². The van der Waals surface area contributed by atoms with Crippen molar-refractivity contribution in [2.75, 3.05) is 13.1 Å². The molecule has 0 spiro atoms. The van der Waals surface area contributed by atoms with E-state index in [-0.39, 0.29) is 11.5 Å². The lowest BCUT2D eigenvalue weighted by Gasteiger charge is -2.10. The molecule has 106 valence electrons. The van der Waals surface area contributed by atoms with Crippen LogP contribution in [0.5, 0.6) is 0 Å². The van der Waals surface area contributed by atoms with Gasteiger partial charge in [-0.15, -0.1) is 0 Å². The molecular weight excluding hydrogens is 254 g/mol. The average molecular weight is 273 g/mol. The average Bonchev–Trinajstić information content (AvgIpc) is 2.42. The number of rotatable bonds is 5. The lowest BCUT2D eigenvalue weighted by molar-refractivity contribution is 0.0955. The van der Waals surface area contributed by atoms with Crippen LogP contribution in [0.4, 0.5) is 0 Å². The SMILES string of the molecule is CC(C)NCCNC(=O)c1cc(=O)[nH]c2ccccc12. The Bertz CT molecular complexity index is 661. The first-order chi connectivity index (χ1) is 9.58. The standard InChI is InChI=1S/C15H19N3O2/c1-10(2)16-7-8-17-15(20)12-9-14(19)18-13-6-4-3-5-11(12)13/h3-6,9-10,16H,7-8H2,1-2H3,(H,17,20)(H,18,19). The van der Waals surface area contributed by atoms with Gasteiger partial charge in [0.1, 0.15) is 0 Å². The largest absolute Gasteiger partial charge is 0.351 e. The summed E-state index contributed by atoms with van der Waals surface area (Å²) in [7, 11) is 0. The highest BCUT2D eigenvalue weighted by atomic mass is 16.2. The first-order valence-corrected chi connectivity index (χ1v) is 6.71. The molecule has 20 heavy (non-hydrogen) atoms. The second kappa shape index (κ2) is 6.34. The van der Waals surface area contributed by atoms with Crippen LogP contribution in [-0.4, -0.2) is 30.0 Å². The first kappa shape index (κ1) is 14.3. The molecule has 2 aromatic rings. The van der Waals surface area contributed by atoms with Gasteiger partial charge in [-0.25, -0.2) is 0 Å². The topological polar surface area (TPSA) is 74.0 Å². The molecule has 0 aliphatic carbocycles. The highest BCUT2D eigenvalue weighted by Crippen LogP contribution is 2.14. The summed E-state index contributed by atoms with van der Waals surface area (Å²) < 4.78 is 0. The van der Waals surface area contributed by atoms with Crippen molar-refractivity contribution in [3.63, 3.8) is 0 Å². The number of fused-ring (bicyclic) bond motifs is 1. The van der Waals surface area contributed by atoms with Crippen LogP contribution in [0.2, 0.25) is 0 Å². The fraction of sp³-hybridized carbons (Fsp3) is 0.333. The molecule has 0 radical (unpaired) electrons. The maximum Gasteiger partial charge on any atom is 0.252 e. The Hall–Kier alpha value is -2.14. The molecule has 0 saturated carbocycles. The van der Waals surface area contributed by atoms with Crippen LogP contribution < -0.4 is 16.2 Å². The van der Waals surface area contributed by atoms with Gasteiger partial charge >= 0.3 is 0 Å². The molecular formula is C15H19N3O2. The van der Waals surface area contributed by atoms with Gasteiger partial charge in [0, 0.05) is 36.1 Å². The van der Waals surface area contributed by atoms with Crippen LogP contribution in [0.1, 0.15) is 24.2 Å². The van der Waals surface area contributed by atoms with Crippen LogP contribution in [0.25, 0.3) is 10.9 Å². The molecule has 1 aromatic carbocycles. The minimum atomic E-state index is -0.269. The Balaban J connectivity index is 2.15. The van der Waals surface area contributed by atoms with Crippen LogP contribution in [0.3, 0.4) is 0 Å². The summed E-state index contributed by atoms with van der Waals surface area (Å²) in [5, 5.41) is 6.79. The summed E-state index contributed by atoms with van der Waals surface area (Å²) in [6.07, 6.45) is 0. The van der Waals surface area contributed by atoms with Crippen LogP contribution in [-0.2, 0) is 0 Å². The number of benzene rings is 1. The van der Waals surface area contributed by atoms with Crippen molar-refractivity contribution in [3.05, 3.63) is 46.2 Å². The van der Waals surface area contributed by atoms with Gasteiger partial charge in [0.25, 0.3) is 5.91 Å². The number of hydrogen-bond donors (Lipinski definition) is 3. The Morgan fingerprint density at radius 1 is 1.25 bits per heavy atom. The molecule has 0 aliphatic rings. The zero-order chi connectivity index (χ0) is 14.5. The second-order valence-corrected chi connectivity index (χ2v) is 4.96. The molecule has 0 atom stereocenters. The third kappa shape index (κ3) is 3.45. The van der Waals surface area contributed by atoms with Crippen molar-refractivity contribution >= 4 is 16.8 Å². The van der Waals surface area contributed by atoms with E-state index in [1.807, 2.05) is 32.0 Å². The van der Waals surface area contributed by atoms with Gasteiger partial charge in [0.05, 0.1) is 5.56 Å². The summed E-state index contributed by atoms with van der Waals surface area (Å²) in [5.41, 5.74) is 0.813. The number of aromatic nitrogens is 1. The number of amides is 1. The molecule has 1 heterocycles. The zero-order valence-electron chi connectivity index (χ0n) is 11.7. The van der Waals surface area contributed by atoms with E-state index in [1.54, 1.807) is 6.07 Å². The zero-order valence-corrected chi connectivity index (χ0v) is 11.7. The number of hydrogen-bond acceptors (Lipinski definition) is 3. The van der Waals surface area contributed by atoms with E-state index >= 15 is 0 Å². The predicted octanol–water partition coefficient (Wildman–Crippen LogP) is 1.26. The van der Waals surface area contributed by atoms with Gasteiger partial charge in [0.2, 0.25) is 5.56 Å². The van der Waals surface area contributed by atoms with E-state index in [0.717, 1.165) is 5.39 Å². The maximum atomic E-state index is 12.2.